The Morgan fingerprint density at radius 3 is 2.73 bits per heavy atom. The van der Waals surface area contributed by atoms with E-state index in [1.807, 2.05) is 12.3 Å². The normalized spacial score (nSPS) is 10.7. The van der Waals surface area contributed by atoms with Gasteiger partial charge >= 0.3 is 0 Å². The summed E-state index contributed by atoms with van der Waals surface area (Å²) in [6.07, 6.45) is 2.86. The van der Waals surface area contributed by atoms with Crippen LogP contribution in [0.5, 0.6) is 0 Å². The van der Waals surface area contributed by atoms with Crippen molar-refractivity contribution in [1.82, 2.24) is 4.98 Å². The SMILES string of the molecule is Cc1cccnc1N(CCCN)C(C)C. The summed E-state index contributed by atoms with van der Waals surface area (Å²) in [7, 11) is 0. The molecular weight excluding hydrogens is 186 g/mol. The monoisotopic (exact) mass is 207 g/mol. The van der Waals surface area contributed by atoms with Crippen LogP contribution in [0.1, 0.15) is 25.8 Å². The Morgan fingerprint density at radius 1 is 1.47 bits per heavy atom. The summed E-state index contributed by atoms with van der Waals surface area (Å²) in [6, 6.07) is 4.53. The third-order valence-corrected chi connectivity index (χ3v) is 2.48. The number of nitrogens with zero attached hydrogens (tertiary/aromatic N) is 2. The molecule has 84 valence electrons. The van der Waals surface area contributed by atoms with Crippen molar-refractivity contribution in [2.24, 2.45) is 5.73 Å². The van der Waals surface area contributed by atoms with Gasteiger partial charge in [-0.15, -0.1) is 0 Å². The van der Waals surface area contributed by atoms with Crippen LogP contribution in [-0.4, -0.2) is 24.1 Å². The molecule has 0 aliphatic carbocycles. The first kappa shape index (κ1) is 12.0. The Hall–Kier alpha value is -1.09. The van der Waals surface area contributed by atoms with Crippen LogP contribution in [-0.2, 0) is 0 Å². The van der Waals surface area contributed by atoms with Gasteiger partial charge in [-0.2, -0.15) is 0 Å². The van der Waals surface area contributed by atoms with E-state index in [-0.39, 0.29) is 0 Å². The van der Waals surface area contributed by atoms with E-state index in [9.17, 15) is 0 Å². The van der Waals surface area contributed by atoms with E-state index in [1.54, 1.807) is 0 Å². The maximum Gasteiger partial charge on any atom is 0.131 e. The van der Waals surface area contributed by atoms with E-state index in [0.717, 1.165) is 25.3 Å². The van der Waals surface area contributed by atoms with Crippen molar-refractivity contribution in [3.63, 3.8) is 0 Å². The Labute approximate surface area is 92.3 Å². The predicted molar refractivity (Wildman–Crippen MR) is 65.1 cm³/mol. The number of aryl methyl sites for hydroxylation is 1. The second kappa shape index (κ2) is 5.71. The standard InChI is InChI=1S/C12H21N3/c1-10(2)15(9-5-7-13)12-11(3)6-4-8-14-12/h4,6,8,10H,5,7,9,13H2,1-3H3. The molecule has 15 heavy (non-hydrogen) atoms. The molecule has 3 heteroatoms. The molecule has 1 heterocycles. The van der Waals surface area contributed by atoms with Crippen LogP contribution in [0.3, 0.4) is 0 Å². The Kier molecular flexibility index (Phi) is 4.56. The fraction of sp³-hybridized carbons (Fsp3) is 0.583. The van der Waals surface area contributed by atoms with Crippen molar-refractivity contribution in [2.75, 3.05) is 18.0 Å². The topological polar surface area (TPSA) is 42.2 Å². The van der Waals surface area contributed by atoms with E-state index in [1.165, 1.54) is 5.56 Å². The molecule has 0 amide bonds. The summed E-state index contributed by atoms with van der Waals surface area (Å²) < 4.78 is 0. The van der Waals surface area contributed by atoms with Crippen LogP contribution in [0.4, 0.5) is 5.82 Å². The summed E-state index contributed by atoms with van der Waals surface area (Å²) in [6.45, 7) is 8.18. The molecule has 0 aliphatic heterocycles. The van der Waals surface area contributed by atoms with E-state index < -0.39 is 0 Å². The summed E-state index contributed by atoms with van der Waals surface area (Å²) in [5.41, 5.74) is 6.77. The van der Waals surface area contributed by atoms with Crippen molar-refractivity contribution in [3.05, 3.63) is 23.9 Å². The molecule has 0 aromatic carbocycles. The lowest BCUT2D eigenvalue weighted by molar-refractivity contribution is 0.647. The minimum Gasteiger partial charge on any atom is -0.354 e. The highest BCUT2D eigenvalue weighted by Crippen LogP contribution is 2.18. The van der Waals surface area contributed by atoms with Crippen molar-refractivity contribution in [1.29, 1.82) is 0 Å². The maximum atomic E-state index is 5.55. The third-order valence-electron chi connectivity index (χ3n) is 2.48. The molecule has 0 saturated heterocycles. The van der Waals surface area contributed by atoms with E-state index in [0.29, 0.717) is 6.04 Å². The highest BCUT2D eigenvalue weighted by atomic mass is 15.2. The van der Waals surface area contributed by atoms with Gasteiger partial charge in [0.1, 0.15) is 5.82 Å². The molecule has 0 unspecified atom stereocenters. The minimum absolute atomic E-state index is 0.463. The van der Waals surface area contributed by atoms with Gasteiger partial charge in [0, 0.05) is 18.8 Å². The average Bonchev–Trinajstić information content (AvgIpc) is 2.20. The lowest BCUT2D eigenvalue weighted by Gasteiger charge is -2.29. The second-order valence-corrected chi connectivity index (χ2v) is 4.07. The van der Waals surface area contributed by atoms with Crippen LogP contribution in [0, 0.1) is 6.92 Å². The van der Waals surface area contributed by atoms with Gasteiger partial charge in [0.2, 0.25) is 0 Å². The van der Waals surface area contributed by atoms with Gasteiger partial charge in [0.05, 0.1) is 0 Å². The smallest absolute Gasteiger partial charge is 0.131 e. The van der Waals surface area contributed by atoms with Crippen LogP contribution in [0.2, 0.25) is 0 Å². The highest BCUT2D eigenvalue weighted by Gasteiger charge is 2.12. The van der Waals surface area contributed by atoms with Gasteiger partial charge in [-0.3, -0.25) is 0 Å². The molecule has 0 aliphatic rings. The zero-order valence-corrected chi connectivity index (χ0v) is 9.90. The Bertz CT molecular complexity index is 297. The summed E-state index contributed by atoms with van der Waals surface area (Å²) >= 11 is 0. The van der Waals surface area contributed by atoms with Gasteiger partial charge in [-0.25, -0.2) is 4.98 Å². The summed E-state index contributed by atoms with van der Waals surface area (Å²) in [5.74, 6) is 1.08. The molecule has 1 rings (SSSR count). The lowest BCUT2D eigenvalue weighted by Crippen LogP contribution is -2.34. The van der Waals surface area contributed by atoms with Crippen molar-refractivity contribution >= 4 is 5.82 Å². The lowest BCUT2D eigenvalue weighted by atomic mass is 10.2. The van der Waals surface area contributed by atoms with Gasteiger partial charge in [-0.1, -0.05) is 6.07 Å². The first-order valence-corrected chi connectivity index (χ1v) is 5.55. The van der Waals surface area contributed by atoms with Crippen LogP contribution >= 0.6 is 0 Å². The zero-order valence-electron chi connectivity index (χ0n) is 9.90. The molecule has 3 nitrogen and oxygen atoms in total. The van der Waals surface area contributed by atoms with E-state index in [4.69, 9.17) is 5.73 Å². The van der Waals surface area contributed by atoms with E-state index >= 15 is 0 Å². The van der Waals surface area contributed by atoms with Crippen molar-refractivity contribution in [3.8, 4) is 0 Å². The molecule has 1 aromatic rings. The zero-order chi connectivity index (χ0) is 11.3. The van der Waals surface area contributed by atoms with E-state index in [2.05, 4.69) is 36.7 Å². The third kappa shape index (κ3) is 3.20. The Balaban J connectivity index is 2.84. The number of aromatic nitrogens is 1. The van der Waals surface area contributed by atoms with Gasteiger partial charge in [0.25, 0.3) is 0 Å². The minimum atomic E-state index is 0.463. The van der Waals surface area contributed by atoms with Crippen molar-refractivity contribution < 1.29 is 0 Å². The molecule has 1 aromatic heterocycles. The largest absolute Gasteiger partial charge is 0.354 e. The molecule has 0 saturated carbocycles. The Morgan fingerprint density at radius 2 is 2.20 bits per heavy atom. The van der Waals surface area contributed by atoms with Crippen LogP contribution in [0.25, 0.3) is 0 Å². The summed E-state index contributed by atoms with van der Waals surface area (Å²) in [4.78, 5) is 6.75. The average molecular weight is 207 g/mol. The van der Waals surface area contributed by atoms with Gasteiger partial charge < -0.3 is 10.6 Å². The number of pyridine rings is 1. The molecular formula is C12H21N3. The second-order valence-electron chi connectivity index (χ2n) is 4.07. The number of rotatable bonds is 5. The molecule has 0 bridgehead atoms. The highest BCUT2D eigenvalue weighted by molar-refractivity contribution is 5.46. The number of anilines is 1. The first-order valence-electron chi connectivity index (χ1n) is 5.55. The maximum absolute atomic E-state index is 5.55. The quantitative estimate of drug-likeness (QED) is 0.802. The molecule has 0 fully saturated rings. The molecule has 0 radical (unpaired) electrons. The molecule has 0 atom stereocenters. The molecule has 2 N–H and O–H groups in total. The van der Waals surface area contributed by atoms with Gasteiger partial charge in [0.15, 0.2) is 0 Å². The number of nitrogens with two attached hydrogens (primary N) is 1. The summed E-state index contributed by atoms with van der Waals surface area (Å²) in [5, 5.41) is 0. The van der Waals surface area contributed by atoms with Crippen LogP contribution in [0.15, 0.2) is 18.3 Å². The van der Waals surface area contributed by atoms with Gasteiger partial charge in [-0.05, 0) is 45.4 Å². The fourth-order valence-corrected chi connectivity index (χ4v) is 1.65. The van der Waals surface area contributed by atoms with Crippen LogP contribution < -0.4 is 10.6 Å². The van der Waals surface area contributed by atoms with Crippen molar-refractivity contribution in [2.45, 2.75) is 33.2 Å². The number of hydrogen-bond acceptors (Lipinski definition) is 3. The first-order chi connectivity index (χ1) is 7.16. The molecule has 0 spiro atoms. The predicted octanol–water partition coefficient (Wildman–Crippen LogP) is 1.95. The number of hydrogen-bond donors (Lipinski definition) is 1. The fourth-order valence-electron chi connectivity index (χ4n) is 1.65.